The van der Waals surface area contributed by atoms with Crippen LogP contribution in [0.3, 0.4) is 0 Å². The lowest BCUT2D eigenvalue weighted by Crippen LogP contribution is -2.44. The van der Waals surface area contributed by atoms with Gasteiger partial charge in [0.25, 0.3) is 0 Å². The second-order valence-electron chi connectivity index (χ2n) is 7.34. The number of carbonyl (C=O) groups excluding carboxylic acids is 1. The van der Waals surface area contributed by atoms with Gasteiger partial charge in [0.05, 0.1) is 6.10 Å². The fraction of sp³-hybridized carbons (Fsp3) is 0.611. The van der Waals surface area contributed by atoms with E-state index in [1.54, 1.807) is 17.9 Å². The van der Waals surface area contributed by atoms with Gasteiger partial charge in [0.2, 0.25) is 0 Å². The SMILES string of the molecule is Cc1cc(F)cc([C@H](O)[C@@H]2CCCN(C(=O)OC(C)(C)C)C2)c1. The number of aliphatic hydroxyl groups excluding tert-OH is 1. The molecule has 0 aliphatic carbocycles. The van der Waals surface area contributed by atoms with Crippen LogP contribution in [-0.4, -0.2) is 34.8 Å². The highest BCUT2D eigenvalue weighted by atomic mass is 19.1. The molecule has 1 aliphatic rings. The number of carbonyl (C=O) groups is 1. The van der Waals surface area contributed by atoms with E-state index >= 15 is 0 Å². The molecule has 1 aromatic carbocycles. The fourth-order valence-corrected chi connectivity index (χ4v) is 2.97. The zero-order valence-electron chi connectivity index (χ0n) is 14.3. The summed E-state index contributed by atoms with van der Waals surface area (Å²) in [6.07, 6.45) is 0.463. The van der Waals surface area contributed by atoms with Crippen LogP contribution in [0.5, 0.6) is 0 Å². The summed E-state index contributed by atoms with van der Waals surface area (Å²) in [5, 5.41) is 10.6. The number of likely N-dealkylation sites (tertiary alicyclic amines) is 1. The zero-order valence-corrected chi connectivity index (χ0v) is 14.3. The Hall–Kier alpha value is -1.62. The van der Waals surface area contributed by atoms with Gasteiger partial charge in [0, 0.05) is 19.0 Å². The Morgan fingerprint density at radius 1 is 1.39 bits per heavy atom. The van der Waals surface area contributed by atoms with Crippen molar-refractivity contribution in [3.8, 4) is 0 Å². The maximum absolute atomic E-state index is 13.6. The van der Waals surface area contributed by atoms with Crippen molar-refractivity contribution in [2.24, 2.45) is 5.92 Å². The zero-order chi connectivity index (χ0) is 17.2. The van der Waals surface area contributed by atoms with E-state index in [1.807, 2.05) is 20.8 Å². The van der Waals surface area contributed by atoms with Gasteiger partial charge in [-0.2, -0.15) is 0 Å². The van der Waals surface area contributed by atoms with Crippen molar-refractivity contribution in [1.29, 1.82) is 0 Å². The first kappa shape index (κ1) is 17.7. The van der Waals surface area contributed by atoms with E-state index in [-0.39, 0.29) is 17.8 Å². The molecule has 1 aliphatic heterocycles. The smallest absolute Gasteiger partial charge is 0.410 e. The molecule has 1 amide bonds. The van der Waals surface area contributed by atoms with Gasteiger partial charge in [-0.3, -0.25) is 0 Å². The number of aryl methyl sites for hydroxylation is 1. The average Bonchev–Trinajstić information content (AvgIpc) is 2.44. The van der Waals surface area contributed by atoms with Gasteiger partial charge in [-0.1, -0.05) is 6.07 Å². The number of hydrogen-bond acceptors (Lipinski definition) is 3. The van der Waals surface area contributed by atoms with Crippen molar-refractivity contribution < 1.29 is 19.0 Å². The maximum atomic E-state index is 13.6. The minimum atomic E-state index is -0.783. The van der Waals surface area contributed by atoms with Gasteiger partial charge < -0.3 is 14.7 Å². The van der Waals surface area contributed by atoms with Gasteiger partial charge in [-0.25, -0.2) is 9.18 Å². The van der Waals surface area contributed by atoms with Crippen LogP contribution in [-0.2, 0) is 4.74 Å². The van der Waals surface area contributed by atoms with Gasteiger partial charge >= 0.3 is 6.09 Å². The van der Waals surface area contributed by atoms with Crippen molar-refractivity contribution >= 4 is 6.09 Å². The number of hydrogen-bond donors (Lipinski definition) is 1. The van der Waals surface area contributed by atoms with Gasteiger partial charge in [-0.15, -0.1) is 0 Å². The molecule has 5 heteroatoms. The monoisotopic (exact) mass is 323 g/mol. The Kier molecular flexibility index (Phi) is 5.30. The van der Waals surface area contributed by atoms with E-state index in [0.717, 1.165) is 18.4 Å². The molecule has 1 heterocycles. The Morgan fingerprint density at radius 2 is 2.09 bits per heavy atom. The standard InChI is InChI=1S/C18H26FNO3/c1-12-8-14(10-15(19)9-12)16(21)13-6-5-7-20(11-13)17(22)23-18(2,3)4/h8-10,13,16,21H,5-7,11H2,1-4H3/t13-,16-/m1/s1. The first-order valence-corrected chi connectivity index (χ1v) is 8.09. The lowest BCUT2D eigenvalue weighted by atomic mass is 9.88. The maximum Gasteiger partial charge on any atom is 0.410 e. The second kappa shape index (κ2) is 6.87. The predicted octanol–water partition coefficient (Wildman–Crippen LogP) is 3.81. The lowest BCUT2D eigenvalue weighted by molar-refractivity contribution is 0.00233. The largest absolute Gasteiger partial charge is 0.444 e. The van der Waals surface area contributed by atoms with E-state index in [2.05, 4.69) is 0 Å². The van der Waals surface area contributed by atoms with E-state index in [9.17, 15) is 14.3 Å². The molecule has 0 bridgehead atoms. The molecule has 23 heavy (non-hydrogen) atoms. The number of aliphatic hydroxyl groups is 1. The average molecular weight is 323 g/mol. The first-order chi connectivity index (χ1) is 10.7. The van der Waals surface area contributed by atoms with Crippen molar-refractivity contribution in [1.82, 2.24) is 4.90 Å². The van der Waals surface area contributed by atoms with Crippen molar-refractivity contribution in [2.45, 2.75) is 52.2 Å². The topological polar surface area (TPSA) is 49.8 Å². The molecule has 1 saturated heterocycles. The number of amides is 1. The second-order valence-corrected chi connectivity index (χ2v) is 7.34. The number of rotatable bonds is 2. The van der Waals surface area contributed by atoms with Gasteiger partial charge in [0.15, 0.2) is 0 Å². The summed E-state index contributed by atoms with van der Waals surface area (Å²) in [7, 11) is 0. The third-order valence-corrected chi connectivity index (χ3v) is 3.96. The summed E-state index contributed by atoms with van der Waals surface area (Å²) in [4.78, 5) is 13.8. The minimum absolute atomic E-state index is 0.113. The summed E-state index contributed by atoms with van der Waals surface area (Å²) in [6.45, 7) is 8.34. The normalized spacial score (nSPS) is 20.3. The number of ether oxygens (including phenoxy) is 1. The van der Waals surface area contributed by atoms with Crippen LogP contribution in [0.15, 0.2) is 18.2 Å². The van der Waals surface area contributed by atoms with Crippen LogP contribution >= 0.6 is 0 Å². The molecule has 4 nitrogen and oxygen atoms in total. The van der Waals surface area contributed by atoms with E-state index in [4.69, 9.17) is 4.74 Å². The summed E-state index contributed by atoms with van der Waals surface area (Å²) in [5.74, 6) is -0.462. The predicted molar refractivity (Wildman–Crippen MR) is 86.6 cm³/mol. The molecule has 128 valence electrons. The van der Waals surface area contributed by atoms with Crippen LogP contribution in [0.25, 0.3) is 0 Å². The Labute approximate surface area is 137 Å². The fourth-order valence-electron chi connectivity index (χ4n) is 2.97. The third-order valence-electron chi connectivity index (χ3n) is 3.96. The molecule has 2 rings (SSSR count). The van der Waals surface area contributed by atoms with E-state index in [0.29, 0.717) is 18.7 Å². The number of benzene rings is 1. The third kappa shape index (κ3) is 4.93. The van der Waals surface area contributed by atoms with E-state index in [1.165, 1.54) is 12.1 Å². The molecule has 1 N–H and O–H groups in total. The van der Waals surface area contributed by atoms with Gasteiger partial charge in [0.1, 0.15) is 11.4 Å². The number of piperidine rings is 1. The number of nitrogens with zero attached hydrogens (tertiary/aromatic N) is 1. The van der Waals surface area contributed by atoms with Crippen molar-refractivity contribution in [3.05, 3.63) is 35.1 Å². The molecule has 0 unspecified atom stereocenters. The Balaban J connectivity index is 2.06. The van der Waals surface area contributed by atoms with Crippen LogP contribution in [0.1, 0.15) is 50.8 Å². The van der Waals surface area contributed by atoms with Gasteiger partial charge in [-0.05, 0) is 63.8 Å². The molecule has 0 spiro atoms. The highest BCUT2D eigenvalue weighted by molar-refractivity contribution is 5.68. The minimum Gasteiger partial charge on any atom is -0.444 e. The van der Waals surface area contributed by atoms with E-state index < -0.39 is 11.7 Å². The Morgan fingerprint density at radius 3 is 2.70 bits per heavy atom. The molecule has 1 fully saturated rings. The highest BCUT2D eigenvalue weighted by Crippen LogP contribution is 2.31. The van der Waals surface area contributed by atoms with Crippen molar-refractivity contribution in [3.63, 3.8) is 0 Å². The van der Waals surface area contributed by atoms with Crippen LogP contribution in [0.2, 0.25) is 0 Å². The summed E-state index contributed by atoms with van der Waals surface area (Å²) in [5.41, 5.74) is 0.805. The molecule has 0 saturated carbocycles. The molecule has 2 atom stereocenters. The van der Waals surface area contributed by atoms with Crippen LogP contribution < -0.4 is 0 Å². The summed E-state index contributed by atoms with van der Waals surface area (Å²) >= 11 is 0. The number of halogens is 1. The molecular weight excluding hydrogens is 297 g/mol. The van der Waals surface area contributed by atoms with Crippen LogP contribution in [0, 0.1) is 18.7 Å². The highest BCUT2D eigenvalue weighted by Gasteiger charge is 2.31. The molecule has 1 aromatic rings. The van der Waals surface area contributed by atoms with Crippen LogP contribution in [0.4, 0.5) is 9.18 Å². The summed E-state index contributed by atoms with van der Waals surface area (Å²) < 4.78 is 18.9. The lowest BCUT2D eigenvalue weighted by Gasteiger charge is -2.36. The Bertz CT molecular complexity index is 548. The quantitative estimate of drug-likeness (QED) is 0.900. The van der Waals surface area contributed by atoms with Crippen molar-refractivity contribution in [2.75, 3.05) is 13.1 Å². The molecule has 0 aromatic heterocycles. The summed E-state index contributed by atoms with van der Waals surface area (Å²) in [6, 6.07) is 4.59. The first-order valence-electron chi connectivity index (χ1n) is 8.09. The molecule has 0 radical (unpaired) electrons. The molecular formula is C18H26FNO3.